The number of para-hydroxylation sites is 1. The van der Waals surface area contributed by atoms with Crippen LogP contribution in [0.5, 0.6) is 5.75 Å². The number of halogens is 1. The number of aryl methyl sites for hydroxylation is 1. The Hall–Kier alpha value is -2.25. The zero-order valence-corrected chi connectivity index (χ0v) is 19.1. The van der Waals surface area contributed by atoms with Gasteiger partial charge in [-0.3, -0.25) is 9.10 Å². The molecular weight excluding hydrogens is 412 g/mol. The van der Waals surface area contributed by atoms with Crippen molar-refractivity contribution in [2.45, 2.75) is 39.7 Å². The lowest BCUT2D eigenvalue weighted by Gasteiger charge is -2.29. The van der Waals surface area contributed by atoms with Crippen molar-refractivity contribution in [2.24, 2.45) is 0 Å². The molecule has 1 atom stereocenters. The normalized spacial score (nSPS) is 12.6. The minimum absolute atomic E-state index is 0.201. The quantitative estimate of drug-likeness (QED) is 0.686. The van der Waals surface area contributed by atoms with Gasteiger partial charge in [-0.2, -0.15) is 0 Å². The first kappa shape index (κ1) is 23.0. The maximum Gasteiger partial charge on any atom is 0.248 e. The van der Waals surface area contributed by atoms with Crippen LogP contribution >= 0.6 is 11.6 Å². The number of methoxy groups -OCH3 is 1. The summed E-state index contributed by atoms with van der Waals surface area (Å²) in [5, 5.41) is 3.17. The second-order valence-corrected chi connectivity index (χ2v) is 9.50. The van der Waals surface area contributed by atoms with Gasteiger partial charge in [0.05, 0.1) is 24.1 Å². The number of sulfonamides is 1. The van der Waals surface area contributed by atoms with Crippen molar-refractivity contribution in [3.8, 4) is 5.75 Å². The molecule has 0 bridgehead atoms. The molecule has 0 aromatic heterocycles. The lowest BCUT2D eigenvalue weighted by atomic mass is 9.98. The first-order valence-corrected chi connectivity index (χ1v) is 11.4. The van der Waals surface area contributed by atoms with Gasteiger partial charge in [0.15, 0.2) is 0 Å². The molecule has 2 rings (SSSR count). The van der Waals surface area contributed by atoms with Gasteiger partial charge < -0.3 is 10.1 Å². The van der Waals surface area contributed by atoms with E-state index in [1.54, 1.807) is 19.1 Å². The van der Waals surface area contributed by atoms with E-state index >= 15 is 0 Å². The third-order valence-corrected chi connectivity index (χ3v) is 6.19. The van der Waals surface area contributed by atoms with E-state index < -0.39 is 22.0 Å². The van der Waals surface area contributed by atoms with Crippen molar-refractivity contribution in [3.05, 3.63) is 52.5 Å². The highest BCUT2D eigenvalue weighted by Gasteiger charge is 2.30. The van der Waals surface area contributed by atoms with Crippen molar-refractivity contribution in [2.75, 3.05) is 23.0 Å². The number of hydrogen-bond donors (Lipinski definition) is 1. The van der Waals surface area contributed by atoms with E-state index in [1.807, 2.05) is 39.0 Å². The Morgan fingerprint density at radius 1 is 1.17 bits per heavy atom. The molecule has 0 aliphatic rings. The van der Waals surface area contributed by atoms with Gasteiger partial charge >= 0.3 is 0 Å². The van der Waals surface area contributed by atoms with Crippen molar-refractivity contribution < 1.29 is 17.9 Å². The van der Waals surface area contributed by atoms with Crippen LogP contribution in [-0.2, 0) is 14.8 Å². The molecule has 1 amide bonds. The second-order valence-electron chi connectivity index (χ2n) is 7.24. The molecule has 6 nitrogen and oxygen atoms in total. The predicted octanol–water partition coefficient (Wildman–Crippen LogP) is 4.57. The molecule has 0 spiro atoms. The van der Waals surface area contributed by atoms with Crippen molar-refractivity contribution in [1.29, 1.82) is 0 Å². The largest absolute Gasteiger partial charge is 0.495 e. The zero-order valence-electron chi connectivity index (χ0n) is 17.5. The summed E-state index contributed by atoms with van der Waals surface area (Å²) in [4.78, 5) is 13.0. The van der Waals surface area contributed by atoms with Crippen LogP contribution in [0.4, 0.5) is 11.4 Å². The van der Waals surface area contributed by atoms with Gasteiger partial charge in [0, 0.05) is 5.69 Å². The Bertz CT molecular complexity index is 1010. The Morgan fingerprint density at radius 2 is 1.83 bits per heavy atom. The lowest BCUT2D eigenvalue weighted by molar-refractivity contribution is -0.116. The van der Waals surface area contributed by atoms with Gasteiger partial charge in [0.1, 0.15) is 11.8 Å². The van der Waals surface area contributed by atoms with Gasteiger partial charge in [-0.05, 0) is 49.1 Å². The van der Waals surface area contributed by atoms with Gasteiger partial charge in [-0.25, -0.2) is 8.42 Å². The summed E-state index contributed by atoms with van der Waals surface area (Å²) in [6, 6.07) is 9.40. The number of anilines is 2. The molecule has 8 heteroatoms. The standard InChI is InChI=1S/C21H27ClN2O4S/c1-13(2)17-9-7-8-14(3)20(17)23-21(25)15(4)24(29(6,26)27)16-10-11-19(28-5)18(22)12-16/h7-13,15H,1-6H3,(H,23,25)/t15-/m1/s1. The topological polar surface area (TPSA) is 75.7 Å². The summed E-state index contributed by atoms with van der Waals surface area (Å²) in [6.07, 6.45) is 1.06. The Morgan fingerprint density at radius 3 is 2.34 bits per heavy atom. The highest BCUT2D eigenvalue weighted by Crippen LogP contribution is 2.32. The minimum Gasteiger partial charge on any atom is -0.495 e. The molecule has 0 aliphatic heterocycles. The molecule has 29 heavy (non-hydrogen) atoms. The van der Waals surface area contributed by atoms with E-state index in [9.17, 15) is 13.2 Å². The number of nitrogens with zero attached hydrogens (tertiary/aromatic N) is 1. The number of ether oxygens (including phenoxy) is 1. The summed E-state index contributed by atoms with van der Waals surface area (Å²) in [5.74, 6) is 0.188. The summed E-state index contributed by atoms with van der Waals surface area (Å²) in [5.41, 5.74) is 2.90. The fourth-order valence-electron chi connectivity index (χ4n) is 3.17. The van der Waals surface area contributed by atoms with Gasteiger partial charge in [0.2, 0.25) is 15.9 Å². The number of amides is 1. The lowest BCUT2D eigenvalue weighted by Crippen LogP contribution is -2.45. The Labute approximate surface area is 177 Å². The fourth-order valence-corrected chi connectivity index (χ4v) is 4.59. The molecule has 0 saturated carbocycles. The Kier molecular flexibility index (Phi) is 7.19. The number of rotatable bonds is 7. The third-order valence-electron chi connectivity index (χ3n) is 4.65. The summed E-state index contributed by atoms with van der Waals surface area (Å²) >= 11 is 6.17. The predicted molar refractivity (Wildman–Crippen MR) is 119 cm³/mol. The Balaban J connectivity index is 2.42. The van der Waals surface area contributed by atoms with Crippen LogP contribution in [0.2, 0.25) is 5.02 Å². The first-order valence-electron chi connectivity index (χ1n) is 9.20. The number of hydrogen-bond acceptors (Lipinski definition) is 4. The molecule has 2 aromatic carbocycles. The molecule has 2 aromatic rings. The van der Waals surface area contributed by atoms with Gasteiger partial charge in [-0.15, -0.1) is 0 Å². The van der Waals surface area contributed by atoms with Crippen LogP contribution in [0.15, 0.2) is 36.4 Å². The maximum atomic E-state index is 13.0. The first-order chi connectivity index (χ1) is 13.5. The van der Waals surface area contributed by atoms with Crippen LogP contribution in [0.25, 0.3) is 0 Å². The number of benzene rings is 2. The second kappa shape index (κ2) is 9.05. The van der Waals surface area contributed by atoms with E-state index in [0.717, 1.165) is 21.7 Å². The van der Waals surface area contributed by atoms with E-state index in [0.29, 0.717) is 11.4 Å². The smallest absolute Gasteiger partial charge is 0.248 e. The molecule has 0 heterocycles. The van der Waals surface area contributed by atoms with Gasteiger partial charge in [-0.1, -0.05) is 43.6 Å². The van der Waals surface area contributed by atoms with Crippen LogP contribution in [0, 0.1) is 6.92 Å². The molecule has 1 N–H and O–H groups in total. The SMILES string of the molecule is COc1ccc(N([C@H](C)C(=O)Nc2c(C)cccc2C(C)C)S(C)(=O)=O)cc1Cl. The van der Waals surface area contributed by atoms with Crippen molar-refractivity contribution in [1.82, 2.24) is 0 Å². The van der Waals surface area contributed by atoms with Crippen LogP contribution in [0.3, 0.4) is 0 Å². The molecule has 158 valence electrons. The van der Waals surface area contributed by atoms with Gasteiger partial charge in [0.25, 0.3) is 0 Å². The average Bonchev–Trinajstić information content (AvgIpc) is 2.62. The third kappa shape index (κ3) is 5.22. The average molecular weight is 439 g/mol. The summed E-state index contributed by atoms with van der Waals surface area (Å²) in [7, 11) is -2.28. The van der Waals surface area contributed by atoms with E-state index in [1.165, 1.54) is 13.2 Å². The highest BCUT2D eigenvalue weighted by atomic mass is 35.5. The van der Waals surface area contributed by atoms with E-state index in [-0.39, 0.29) is 16.6 Å². The van der Waals surface area contributed by atoms with E-state index in [2.05, 4.69) is 5.32 Å². The van der Waals surface area contributed by atoms with Crippen LogP contribution in [0.1, 0.15) is 37.8 Å². The number of nitrogens with one attached hydrogen (secondary N) is 1. The van der Waals surface area contributed by atoms with Crippen LogP contribution in [-0.4, -0.2) is 33.7 Å². The monoisotopic (exact) mass is 438 g/mol. The van der Waals surface area contributed by atoms with E-state index in [4.69, 9.17) is 16.3 Å². The van der Waals surface area contributed by atoms with Crippen molar-refractivity contribution >= 4 is 38.9 Å². The van der Waals surface area contributed by atoms with Crippen molar-refractivity contribution in [3.63, 3.8) is 0 Å². The molecule has 0 radical (unpaired) electrons. The maximum absolute atomic E-state index is 13.0. The highest BCUT2D eigenvalue weighted by molar-refractivity contribution is 7.92. The van der Waals surface area contributed by atoms with Crippen LogP contribution < -0.4 is 14.4 Å². The summed E-state index contributed by atoms with van der Waals surface area (Å²) < 4.78 is 31.2. The molecule has 0 unspecified atom stereocenters. The minimum atomic E-state index is -3.75. The molecule has 0 aliphatic carbocycles. The molecular formula is C21H27ClN2O4S. The number of carbonyl (C=O) groups excluding carboxylic acids is 1. The molecule has 0 fully saturated rings. The summed E-state index contributed by atoms with van der Waals surface area (Å²) in [6.45, 7) is 7.53. The fraction of sp³-hybridized carbons (Fsp3) is 0.381. The zero-order chi connectivity index (χ0) is 21.9. The number of carbonyl (C=O) groups is 1. The molecule has 0 saturated heterocycles.